The molecule has 0 spiro atoms. The van der Waals surface area contributed by atoms with Gasteiger partial charge in [0.2, 0.25) is 0 Å². The van der Waals surface area contributed by atoms with Crippen LogP contribution in [-0.4, -0.2) is 21.2 Å². The molecule has 6 heteroatoms. The van der Waals surface area contributed by atoms with Crippen molar-refractivity contribution in [3.05, 3.63) is 46.2 Å². The van der Waals surface area contributed by atoms with Gasteiger partial charge in [-0.05, 0) is 45.0 Å². The Morgan fingerprint density at radius 1 is 1.25 bits per heavy atom. The van der Waals surface area contributed by atoms with Crippen LogP contribution in [0.5, 0.6) is 0 Å². The smallest absolute Gasteiger partial charge is 0.272 e. The predicted molar refractivity (Wildman–Crippen MR) is 80.8 cm³/mol. The van der Waals surface area contributed by atoms with Crippen molar-refractivity contribution in [3.8, 4) is 5.69 Å². The molecule has 20 heavy (non-hydrogen) atoms. The average molecular weight is 312 g/mol. The van der Waals surface area contributed by atoms with Gasteiger partial charge in [0.05, 0.1) is 10.7 Å². The molecule has 0 aliphatic carbocycles. The zero-order valence-corrected chi connectivity index (χ0v) is 13.0. The molecule has 4 nitrogen and oxygen atoms in total. The third-order valence-corrected chi connectivity index (χ3v) is 3.00. The maximum absolute atomic E-state index is 12.0. The van der Waals surface area contributed by atoms with Gasteiger partial charge in [-0.2, -0.15) is 5.10 Å². The highest BCUT2D eigenvalue weighted by Gasteiger charge is 2.17. The number of carbonyl (C=O) groups excluding carboxylic acids is 1. The molecule has 2 aromatic rings. The van der Waals surface area contributed by atoms with Gasteiger partial charge in [-0.1, -0.05) is 23.2 Å². The van der Waals surface area contributed by atoms with Crippen LogP contribution in [0.1, 0.15) is 31.3 Å². The Labute approximate surface area is 127 Å². The zero-order valence-electron chi connectivity index (χ0n) is 11.4. The number of amides is 1. The van der Waals surface area contributed by atoms with Crippen molar-refractivity contribution in [3.63, 3.8) is 0 Å². The number of aromatic nitrogens is 2. The first kappa shape index (κ1) is 14.9. The molecule has 0 aliphatic heterocycles. The molecular formula is C14H15Cl2N3O. The van der Waals surface area contributed by atoms with Gasteiger partial charge < -0.3 is 5.32 Å². The van der Waals surface area contributed by atoms with Crippen molar-refractivity contribution in [2.75, 3.05) is 0 Å². The second-order valence-electron chi connectivity index (χ2n) is 5.45. The Morgan fingerprint density at radius 3 is 2.55 bits per heavy atom. The van der Waals surface area contributed by atoms with Crippen LogP contribution in [0.15, 0.2) is 30.5 Å². The molecule has 106 valence electrons. The lowest BCUT2D eigenvalue weighted by Gasteiger charge is -2.19. The number of rotatable bonds is 2. The van der Waals surface area contributed by atoms with E-state index in [-0.39, 0.29) is 11.4 Å². The van der Waals surface area contributed by atoms with Crippen LogP contribution in [0.2, 0.25) is 10.0 Å². The molecular weight excluding hydrogens is 297 g/mol. The summed E-state index contributed by atoms with van der Waals surface area (Å²) in [6.45, 7) is 5.74. The Balaban J connectivity index is 2.27. The Hall–Kier alpha value is -1.52. The van der Waals surface area contributed by atoms with E-state index in [1.165, 1.54) is 0 Å². The number of hydrogen-bond donors (Lipinski definition) is 1. The molecule has 0 saturated heterocycles. The van der Waals surface area contributed by atoms with E-state index in [4.69, 9.17) is 23.2 Å². The van der Waals surface area contributed by atoms with Crippen molar-refractivity contribution < 1.29 is 4.79 Å². The van der Waals surface area contributed by atoms with Gasteiger partial charge in [-0.25, -0.2) is 4.68 Å². The number of nitrogens with zero attached hydrogens (tertiary/aromatic N) is 2. The second kappa shape index (κ2) is 5.46. The molecule has 1 heterocycles. The van der Waals surface area contributed by atoms with Crippen LogP contribution in [0.25, 0.3) is 5.69 Å². The Bertz CT molecular complexity index is 644. The lowest BCUT2D eigenvalue weighted by molar-refractivity contribution is 0.0914. The normalized spacial score (nSPS) is 11.4. The fraction of sp³-hybridized carbons (Fsp3) is 0.286. The number of halogens is 2. The van der Waals surface area contributed by atoms with Crippen LogP contribution < -0.4 is 5.32 Å². The van der Waals surface area contributed by atoms with E-state index in [1.54, 1.807) is 35.1 Å². The molecule has 0 fully saturated rings. The predicted octanol–water partition coefficient (Wildman–Crippen LogP) is 3.71. The van der Waals surface area contributed by atoms with Crippen molar-refractivity contribution in [2.45, 2.75) is 26.3 Å². The van der Waals surface area contributed by atoms with Gasteiger partial charge in [-0.15, -0.1) is 0 Å². The third kappa shape index (κ3) is 3.52. The van der Waals surface area contributed by atoms with Gasteiger partial charge in [0.25, 0.3) is 5.91 Å². The van der Waals surface area contributed by atoms with E-state index in [0.717, 1.165) is 0 Å². The summed E-state index contributed by atoms with van der Waals surface area (Å²) in [4.78, 5) is 12.0. The van der Waals surface area contributed by atoms with Gasteiger partial charge in [0, 0.05) is 16.8 Å². The Kier molecular flexibility index (Phi) is 4.06. The van der Waals surface area contributed by atoms with Gasteiger partial charge in [0.1, 0.15) is 0 Å². The molecule has 0 saturated carbocycles. The minimum Gasteiger partial charge on any atom is -0.346 e. The zero-order chi connectivity index (χ0) is 14.9. The molecule has 0 unspecified atom stereocenters. The maximum atomic E-state index is 12.0. The van der Waals surface area contributed by atoms with Crippen molar-refractivity contribution >= 4 is 29.1 Å². The summed E-state index contributed by atoms with van der Waals surface area (Å²) in [7, 11) is 0. The molecule has 2 rings (SSSR count). The van der Waals surface area contributed by atoms with E-state index in [0.29, 0.717) is 21.4 Å². The van der Waals surface area contributed by atoms with Crippen LogP contribution in [-0.2, 0) is 0 Å². The highest BCUT2D eigenvalue weighted by atomic mass is 35.5. The SMILES string of the molecule is CC(C)(C)NC(=O)c1ccn(-c2ccc(Cl)cc2Cl)n1. The van der Waals surface area contributed by atoms with Gasteiger partial charge in [0.15, 0.2) is 5.69 Å². The second-order valence-corrected chi connectivity index (χ2v) is 6.29. The molecule has 0 radical (unpaired) electrons. The first-order valence-electron chi connectivity index (χ1n) is 6.10. The number of nitrogens with one attached hydrogen (secondary N) is 1. The summed E-state index contributed by atoms with van der Waals surface area (Å²) in [5, 5.41) is 8.12. The first-order chi connectivity index (χ1) is 9.26. The fourth-order valence-corrected chi connectivity index (χ4v) is 2.15. The summed E-state index contributed by atoms with van der Waals surface area (Å²) in [5.41, 5.74) is 0.704. The summed E-state index contributed by atoms with van der Waals surface area (Å²) in [6.07, 6.45) is 1.69. The largest absolute Gasteiger partial charge is 0.346 e. The number of hydrogen-bond acceptors (Lipinski definition) is 2. The minimum atomic E-state index is -0.307. The van der Waals surface area contributed by atoms with Gasteiger partial charge in [-0.3, -0.25) is 4.79 Å². The van der Waals surface area contributed by atoms with E-state index in [2.05, 4.69) is 10.4 Å². The van der Waals surface area contributed by atoms with Crippen LogP contribution >= 0.6 is 23.2 Å². The quantitative estimate of drug-likeness (QED) is 0.919. The molecule has 1 N–H and O–H groups in total. The highest BCUT2D eigenvalue weighted by molar-refractivity contribution is 6.35. The van der Waals surface area contributed by atoms with E-state index >= 15 is 0 Å². The first-order valence-corrected chi connectivity index (χ1v) is 6.85. The molecule has 1 amide bonds. The molecule has 0 aliphatic rings. The van der Waals surface area contributed by atoms with Crippen molar-refractivity contribution in [1.29, 1.82) is 0 Å². The van der Waals surface area contributed by atoms with Crippen molar-refractivity contribution in [1.82, 2.24) is 15.1 Å². The average Bonchev–Trinajstić information content (AvgIpc) is 2.75. The molecule has 1 aromatic heterocycles. The molecule has 0 atom stereocenters. The van der Waals surface area contributed by atoms with E-state index in [9.17, 15) is 4.79 Å². The van der Waals surface area contributed by atoms with Crippen LogP contribution in [0, 0.1) is 0 Å². The van der Waals surface area contributed by atoms with E-state index in [1.807, 2.05) is 20.8 Å². The summed E-state index contributed by atoms with van der Waals surface area (Å²) < 4.78 is 1.55. The highest BCUT2D eigenvalue weighted by Crippen LogP contribution is 2.23. The van der Waals surface area contributed by atoms with Crippen LogP contribution in [0.3, 0.4) is 0 Å². The summed E-state index contributed by atoms with van der Waals surface area (Å²) in [6, 6.07) is 6.75. The minimum absolute atomic E-state index is 0.221. The van der Waals surface area contributed by atoms with E-state index < -0.39 is 0 Å². The summed E-state index contributed by atoms with van der Waals surface area (Å²) >= 11 is 12.0. The lowest BCUT2D eigenvalue weighted by Crippen LogP contribution is -2.40. The van der Waals surface area contributed by atoms with Gasteiger partial charge >= 0.3 is 0 Å². The third-order valence-electron chi connectivity index (χ3n) is 2.47. The maximum Gasteiger partial charge on any atom is 0.272 e. The monoisotopic (exact) mass is 311 g/mol. The number of carbonyl (C=O) groups is 1. The summed E-state index contributed by atoms with van der Waals surface area (Å²) in [5.74, 6) is -0.221. The Morgan fingerprint density at radius 2 is 1.95 bits per heavy atom. The fourth-order valence-electron chi connectivity index (χ4n) is 1.65. The molecule has 0 bridgehead atoms. The van der Waals surface area contributed by atoms with Crippen molar-refractivity contribution in [2.24, 2.45) is 0 Å². The molecule has 1 aromatic carbocycles. The number of benzene rings is 1. The standard InChI is InChI=1S/C14H15Cl2N3O/c1-14(2,3)17-13(20)11-6-7-19(18-11)12-5-4-9(15)8-10(12)16/h4-8H,1-3H3,(H,17,20). The lowest BCUT2D eigenvalue weighted by atomic mass is 10.1. The van der Waals surface area contributed by atoms with Crippen LogP contribution in [0.4, 0.5) is 0 Å². The topological polar surface area (TPSA) is 46.9 Å².